The number of terminal acetylenes is 2. The van der Waals surface area contributed by atoms with Crippen molar-refractivity contribution in [2.24, 2.45) is 5.92 Å². The molecule has 0 spiro atoms. The topological polar surface area (TPSA) is 66.8 Å². The highest BCUT2D eigenvalue weighted by Gasteiger charge is 2.37. The first-order valence-electron chi connectivity index (χ1n) is 6.50. The number of rotatable bonds is 9. The molecule has 0 rings (SSSR count). The van der Waals surface area contributed by atoms with Crippen LogP contribution in [-0.2, 0) is 9.09 Å². The molecule has 0 aliphatic carbocycles. The molecule has 2 atom stereocenters. The van der Waals surface area contributed by atoms with Gasteiger partial charge in [0.05, 0.1) is 0 Å². The van der Waals surface area contributed by atoms with Crippen LogP contribution in [0.4, 0.5) is 0 Å². The minimum atomic E-state index is -4.66. The average molecular weight is 286 g/mol. The fourth-order valence-corrected chi connectivity index (χ4v) is 2.73. The van der Waals surface area contributed by atoms with Crippen molar-refractivity contribution in [3.8, 4) is 24.7 Å². The lowest BCUT2D eigenvalue weighted by molar-refractivity contribution is 0.0617. The summed E-state index contributed by atoms with van der Waals surface area (Å²) in [6.07, 6.45) is 15.0. The third kappa shape index (κ3) is 7.41. The first kappa shape index (κ1) is 18.2. The van der Waals surface area contributed by atoms with Gasteiger partial charge in [-0.3, -0.25) is 4.52 Å². The second kappa shape index (κ2) is 8.41. The van der Waals surface area contributed by atoms with Gasteiger partial charge in [0, 0.05) is 6.42 Å². The van der Waals surface area contributed by atoms with Crippen molar-refractivity contribution < 1.29 is 18.9 Å². The molecule has 0 heterocycles. The van der Waals surface area contributed by atoms with Gasteiger partial charge in [-0.25, -0.2) is 4.57 Å². The van der Waals surface area contributed by atoms with E-state index in [1.165, 1.54) is 0 Å². The van der Waals surface area contributed by atoms with E-state index in [1.807, 2.05) is 6.92 Å². The summed E-state index contributed by atoms with van der Waals surface area (Å²) < 4.78 is 15.9. The molecule has 0 aromatic rings. The standard InChI is InChI=1S/C14H23O4P/c1-5-9-10-13(7-3)12-14(8-4,11-6-2)18-19(15,16)17/h2,4,13H,5,7,9-12H2,1,3H3,(H2,15,16,17). The fourth-order valence-electron chi connectivity index (χ4n) is 2.08. The van der Waals surface area contributed by atoms with E-state index in [1.54, 1.807) is 0 Å². The van der Waals surface area contributed by atoms with Gasteiger partial charge < -0.3 is 9.79 Å². The Morgan fingerprint density at radius 1 is 1.37 bits per heavy atom. The summed E-state index contributed by atoms with van der Waals surface area (Å²) in [6.45, 7) is 4.11. The van der Waals surface area contributed by atoms with E-state index in [0.29, 0.717) is 6.42 Å². The second-order valence-electron chi connectivity index (χ2n) is 4.72. The molecule has 0 amide bonds. The van der Waals surface area contributed by atoms with E-state index in [2.05, 4.69) is 18.8 Å². The zero-order valence-corrected chi connectivity index (χ0v) is 12.5. The Balaban J connectivity index is 4.98. The third-order valence-corrected chi connectivity index (χ3v) is 3.69. The van der Waals surface area contributed by atoms with Crippen LogP contribution >= 0.6 is 7.82 Å². The van der Waals surface area contributed by atoms with Gasteiger partial charge in [0.25, 0.3) is 0 Å². The van der Waals surface area contributed by atoms with Gasteiger partial charge >= 0.3 is 7.82 Å². The minimum Gasteiger partial charge on any atom is -0.303 e. The Morgan fingerprint density at radius 2 is 2.00 bits per heavy atom. The highest BCUT2D eigenvalue weighted by atomic mass is 31.2. The van der Waals surface area contributed by atoms with E-state index in [0.717, 1.165) is 25.7 Å². The van der Waals surface area contributed by atoms with Gasteiger partial charge in [0.15, 0.2) is 5.60 Å². The predicted molar refractivity (Wildman–Crippen MR) is 76.1 cm³/mol. The Labute approximate surface area is 116 Å². The summed E-state index contributed by atoms with van der Waals surface area (Å²) in [5.74, 6) is 4.96. The van der Waals surface area contributed by atoms with E-state index in [4.69, 9.17) is 27.2 Å². The summed E-state index contributed by atoms with van der Waals surface area (Å²) in [4.78, 5) is 18.0. The van der Waals surface area contributed by atoms with Crippen molar-refractivity contribution in [2.45, 2.75) is 58.0 Å². The Morgan fingerprint density at radius 3 is 2.37 bits per heavy atom. The quantitative estimate of drug-likeness (QED) is 0.505. The van der Waals surface area contributed by atoms with Crippen molar-refractivity contribution in [3.05, 3.63) is 0 Å². The van der Waals surface area contributed by atoms with Crippen LogP contribution in [0.2, 0.25) is 0 Å². The van der Waals surface area contributed by atoms with Crippen LogP contribution in [-0.4, -0.2) is 15.4 Å². The van der Waals surface area contributed by atoms with Crippen LogP contribution in [0.3, 0.4) is 0 Å². The fraction of sp³-hybridized carbons (Fsp3) is 0.714. The number of phosphoric acid groups is 1. The molecule has 4 nitrogen and oxygen atoms in total. The van der Waals surface area contributed by atoms with E-state index in [-0.39, 0.29) is 12.3 Å². The van der Waals surface area contributed by atoms with E-state index >= 15 is 0 Å². The summed E-state index contributed by atoms with van der Waals surface area (Å²) in [6, 6.07) is 0. The predicted octanol–water partition coefficient (Wildman–Crippen LogP) is 3.10. The maximum Gasteiger partial charge on any atom is 0.471 e. The monoisotopic (exact) mass is 286 g/mol. The molecule has 19 heavy (non-hydrogen) atoms. The summed E-state index contributed by atoms with van der Waals surface area (Å²) >= 11 is 0. The van der Waals surface area contributed by atoms with Gasteiger partial charge in [-0.2, -0.15) is 0 Å². The number of hydrogen-bond acceptors (Lipinski definition) is 2. The molecule has 2 unspecified atom stereocenters. The first-order valence-corrected chi connectivity index (χ1v) is 8.03. The number of unbranched alkanes of at least 4 members (excludes halogenated alkanes) is 1. The molecule has 0 bridgehead atoms. The van der Waals surface area contributed by atoms with Crippen LogP contribution < -0.4 is 0 Å². The molecule has 0 saturated heterocycles. The molecular formula is C14H23O4P. The summed E-state index contributed by atoms with van der Waals surface area (Å²) in [5, 5.41) is 0. The second-order valence-corrected chi connectivity index (χ2v) is 5.89. The van der Waals surface area contributed by atoms with Crippen molar-refractivity contribution in [3.63, 3.8) is 0 Å². The summed E-state index contributed by atoms with van der Waals surface area (Å²) in [7, 11) is -4.66. The highest BCUT2D eigenvalue weighted by Crippen LogP contribution is 2.45. The van der Waals surface area contributed by atoms with Crippen LogP contribution in [0, 0.1) is 30.6 Å². The average Bonchev–Trinajstić information content (AvgIpc) is 2.32. The zero-order valence-electron chi connectivity index (χ0n) is 11.6. The van der Waals surface area contributed by atoms with Crippen LogP contribution in [0.5, 0.6) is 0 Å². The van der Waals surface area contributed by atoms with Crippen molar-refractivity contribution in [1.82, 2.24) is 0 Å². The summed E-state index contributed by atoms with van der Waals surface area (Å²) in [5.41, 5.74) is -1.37. The largest absolute Gasteiger partial charge is 0.471 e. The maximum absolute atomic E-state index is 11.1. The number of hydrogen-bond donors (Lipinski definition) is 2. The minimum absolute atomic E-state index is 0.00274. The Hall–Kier alpha value is -0.770. The molecule has 0 fully saturated rings. The van der Waals surface area contributed by atoms with Crippen molar-refractivity contribution >= 4 is 7.82 Å². The SMILES string of the molecule is C#CCC(C#C)(CC(CC)CCCC)OP(=O)(O)O. The molecule has 0 aliphatic rings. The van der Waals surface area contributed by atoms with E-state index < -0.39 is 13.4 Å². The first-order chi connectivity index (χ1) is 8.82. The third-order valence-electron chi connectivity index (χ3n) is 3.11. The maximum atomic E-state index is 11.1. The van der Waals surface area contributed by atoms with Crippen LogP contribution in [0.1, 0.15) is 52.4 Å². The molecular weight excluding hydrogens is 263 g/mol. The van der Waals surface area contributed by atoms with Crippen LogP contribution in [0.15, 0.2) is 0 Å². The smallest absolute Gasteiger partial charge is 0.303 e. The number of phosphoric ester groups is 1. The molecule has 5 heteroatoms. The molecule has 0 radical (unpaired) electrons. The van der Waals surface area contributed by atoms with Crippen molar-refractivity contribution in [1.29, 1.82) is 0 Å². The molecule has 108 valence electrons. The lowest BCUT2D eigenvalue weighted by atomic mass is 9.84. The van der Waals surface area contributed by atoms with E-state index in [9.17, 15) is 4.57 Å². The molecule has 0 saturated carbocycles. The van der Waals surface area contributed by atoms with Gasteiger partial charge in [-0.1, -0.05) is 45.5 Å². The lowest BCUT2D eigenvalue weighted by Crippen LogP contribution is -2.32. The zero-order chi connectivity index (χ0) is 14.9. The molecule has 0 aromatic carbocycles. The molecule has 2 N–H and O–H groups in total. The van der Waals surface area contributed by atoms with Crippen LogP contribution in [0.25, 0.3) is 0 Å². The Bertz CT molecular complexity index is 387. The van der Waals surface area contributed by atoms with Gasteiger partial charge in [0.1, 0.15) is 0 Å². The normalized spacial score (nSPS) is 16.1. The Kier molecular flexibility index (Phi) is 8.07. The van der Waals surface area contributed by atoms with Gasteiger partial charge in [0.2, 0.25) is 0 Å². The highest BCUT2D eigenvalue weighted by molar-refractivity contribution is 7.46. The molecule has 0 aliphatic heterocycles. The van der Waals surface area contributed by atoms with Gasteiger partial charge in [-0.05, 0) is 12.3 Å². The van der Waals surface area contributed by atoms with Crippen molar-refractivity contribution in [2.75, 3.05) is 0 Å². The van der Waals surface area contributed by atoms with Gasteiger partial charge in [-0.15, -0.1) is 18.8 Å². The lowest BCUT2D eigenvalue weighted by Gasteiger charge is -2.30. The molecule has 0 aromatic heterocycles.